The molecule has 0 aromatic heterocycles. The van der Waals surface area contributed by atoms with Crippen LogP contribution in [0, 0.1) is 5.92 Å². The second-order valence-corrected chi connectivity index (χ2v) is 6.16. The molecule has 6 heteroatoms. The number of carbonyl (C=O) groups is 2. The Morgan fingerprint density at radius 3 is 2.42 bits per heavy atom. The van der Waals surface area contributed by atoms with Crippen molar-refractivity contribution in [1.82, 2.24) is 9.80 Å². The summed E-state index contributed by atoms with van der Waals surface area (Å²) in [5, 5.41) is 0. The van der Waals surface area contributed by atoms with Crippen molar-refractivity contribution in [1.29, 1.82) is 0 Å². The molecule has 0 N–H and O–H groups in total. The van der Waals surface area contributed by atoms with E-state index in [1.807, 2.05) is 20.8 Å². The Morgan fingerprint density at radius 1 is 1.16 bits per heavy atom. The van der Waals surface area contributed by atoms with Crippen molar-refractivity contribution in [3.8, 4) is 0 Å². The first-order valence-corrected chi connectivity index (χ1v) is 6.64. The van der Waals surface area contributed by atoms with Crippen LogP contribution < -0.4 is 0 Å². The summed E-state index contributed by atoms with van der Waals surface area (Å²) in [6.45, 7) is 7.46. The number of likely N-dealkylation sites (tertiary alicyclic amines) is 2. The minimum atomic E-state index is -0.489. The highest BCUT2D eigenvalue weighted by molar-refractivity contribution is 5.71. The Bertz CT molecular complexity index is 377. The number of amides is 2. The first-order valence-electron chi connectivity index (χ1n) is 6.64. The highest BCUT2D eigenvalue weighted by Crippen LogP contribution is 2.32. The lowest BCUT2D eigenvalue weighted by Gasteiger charge is -2.26. The minimum absolute atomic E-state index is 0.0694. The lowest BCUT2D eigenvalue weighted by Crippen LogP contribution is -2.41. The van der Waals surface area contributed by atoms with Crippen LogP contribution in [0.25, 0.3) is 0 Å². The van der Waals surface area contributed by atoms with Crippen LogP contribution in [-0.2, 0) is 9.47 Å². The minimum Gasteiger partial charge on any atom is -0.453 e. The van der Waals surface area contributed by atoms with E-state index in [9.17, 15) is 9.59 Å². The lowest BCUT2D eigenvalue weighted by molar-refractivity contribution is 0.0270. The first kappa shape index (κ1) is 14.0. The van der Waals surface area contributed by atoms with E-state index in [0.29, 0.717) is 25.6 Å². The molecule has 2 fully saturated rings. The predicted octanol–water partition coefficient (Wildman–Crippen LogP) is 1.69. The van der Waals surface area contributed by atoms with E-state index in [1.54, 1.807) is 9.80 Å². The van der Waals surface area contributed by atoms with Gasteiger partial charge in [-0.3, -0.25) is 0 Å². The third kappa shape index (κ3) is 2.93. The van der Waals surface area contributed by atoms with Gasteiger partial charge in [0.2, 0.25) is 0 Å². The summed E-state index contributed by atoms with van der Waals surface area (Å²) < 4.78 is 10.1. The SMILES string of the molecule is COC(=O)N1CCC2CN(C(=O)OC(C)(C)C)CC21. The van der Waals surface area contributed by atoms with E-state index in [-0.39, 0.29) is 18.2 Å². The van der Waals surface area contributed by atoms with Gasteiger partial charge in [0.25, 0.3) is 0 Å². The Balaban J connectivity index is 1.97. The number of hydrogen-bond acceptors (Lipinski definition) is 4. The van der Waals surface area contributed by atoms with Crippen LogP contribution in [0.3, 0.4) is 0 Å². The fourth-order valence-electron chi connectivity index (χ4n) is 2.78. The van der Waals surface area contributed by atoms with Gasteiger partial charge >= 0.3 is 12.2 Å². The first-order chi connectivity index (χ1) is 8.81. The van der Waals surface area contributed by atoms with E-state index < -0.39 is 5.60 Å². The molecule has 0 spiro atoms. The second kappa shape index (κ2) is 4.90. The van der Waals surface area contributed by atoms with E-state index in [4.69, 9.17) is 9.47 Å². The molecule has 2 heterocycles. The highest BCUT2D eigenvalue weighted by atomic mass is 16.6. The molecule has 0 radical (unpaired) electrons. The molecule has 0 aliphatic carbocycles. The van der Waals surface area contributed by atoms with Crippen molar-refractivity contribution >= 4 is 12.2 Å². The molecule has 108 valence electrons. The number of carbonyl (C=O) groups excluding carboxylic acids is 2. The number of nitrogens with zero attached hydrogens (tertiary/aromatic N) is 2. The summed E-state index contributed by atoms with van der Waals surface area (Å²) in [6.07, 6.45) is 0.309. The quantitative estimate of drug-likeness (QED) is 0.672. The number of hydrogen-bond donors (Lipinski definition) is 0. The molecule has 6 nitrogen and oxygen atoms in total. The molecule has 2 aliphatic rings. The molecule has 2 rings (SSSR count). The molecule has 2 atom stereocenters. The lowest BCUT2D eigenvalue weighted by atomic mass is 10.1. The van der Waals surface area contributed by atoms with E-state index in [0.717, 1.165) is 6.42 Å². The molecule has 0 aromatic carbocycles. The zero-order chi connectivity index (χ0) is 14.2. The van der Waals surface area contributed by atoms with Gasteiger partial charge in [-0.25, -0.2) is 9.59 Å². The molecular weight excluding hydrogens is 248 g/mol. The molecule has 0 saturated carbocycles. The van der Waals surface area contributed by atoms with Crippen LogP contribution in [-0.4, -0.2) is 60.4 Å². The van der Waals surface area contributed by atoms with Gasteiger partial charge in [0.05, 0.1) is 13.2 Å². The average Bonchev–Trinajstić information content (AvgIpc) is 2.84. The fourth-order valence-corrected chi connectivity index (χ4v) is 2.78. The van der Waals surface area contributed by atoms with Crippen molar-refractivity contribution < 1.29 is 19.1 Å². The van der Waals surface area contributed by atoms with Gasteiger partial charge in [0, 0.05) is 25.6 Å². The largest absolute Gasteiger partial charge is 0.453 e. The van der Waals surface area contributed by atoms with Crippen LogP contribution in [0.2, 0.25) is 0 Å². The average molecular weight is 270 g/mol. The Kier molecular flexibility index (Phi) is 3.60. The molecule has 2 unspecified atom stereocenters. The van der Waals surface area contributed by atoms with Crippen LogP contribution in [0.4, 0.5) is 9.59 Å². The summed E-state index contributed by atoms with van der Waals surface area (Å²) in [7, 11) is 1.39. The fraction of sp³-hybridized carbons (Fsp3) is 0.846. The van der Waals surface area contributed by atoms with Gasteiger partial charge in [-0.15, -0.1) is 0 Å². The molecule has 0 aromatic rings. The maximum absolute atomic E-state index is 12.0. The van der Waals surface area contributed by atoms with E-state index in [1.165, 1.54) is 7.11 Å². The van der Waals surface area contributed by atoms with Gasteiger partial charge in [0.1, 0.15) is 5.60 Å². The van der Waals surface area contributed by atoms with Crippen molar-refractivity contribution in [2.24, 2.45) is 5.92 Å². The topological polar surface area (TPSA) is 59.1 Å². The molecular formula is C13H22N2O4. The van der Waals surface area contributed by atoms with Gasteiger partial charge in [-0.2, -0.15) is 0 Å². The molecule has 2 saturated heterocycles. The maximum atomic E-state index is 12.0. The third-order valence-corrected chi connectivity index (χ3v) is 3.61. The van der Waals surface area contributed by atoms with Gasteiger partial charge < -0.3 is 19.3 Å². The number of methoxy groups -OCH3 is 1. The normalized spacial score (nSPS) is 26.3. The summed E-state index contributed by atoms with van der Waals surface area (Å²) in [6, 6.07) is 0.0694. The van der Waals surface area contributed by atoms with Crippen LogP contribution in [0.5, 0.6) is 0 Å². The Labute approximate surface area is 113 Å². The zero-order valence-electron chi connectivity index (χ0n) is 12.0. The van der Waals surface area contributed by atoms with Gasteiger partial charge in [-0.05, 0) is 27.2 Å². The third-order valence-electron chi connectivity index (χ3n) is 3.61. The summed E-state index contributed by atoms with van der Waals surface area (Å²) >= 11 is 0. The summed E-state index contributed by atoms with van der Waals surface area (Å²) in [4.78, 5) is 27.0. The predicted molar refractivity (Wildman–Crippen MR) is 68.8 cm³/mol. The van der Waals surface area contributed by atoms with Crippen LogP contribution in [0.1, 0.15) is 27.2 Å². The Hall–Kier alpha value is -1.46. The van der Waals surface area contributed by atoms with Crippen LogP contribution in [0.15, 0.2) is 0 Å². The molecule has 0 bridgehead atoms. The van der Waals surface area contributed by atoms with Crippen molar-refractivity contribution in [2.75, 3.05) is 26.7 Å². The van der Waals surface area contributed by atoms with Crippen molar-refractivity contribution in [3.05, 3.63) is 0 Å². The number of rotatable bonds is 0. The van der Waals surface area contributed by atoms with Gasteiger partial charge in [0.15, 0.2) is 0 Å². The van der Waals surface area contributed by atoms with Crippen LogP contribution >= 0.6 is 0 Å². The van der Waals surface area contributed by atoms with Crippen molar-refractivity contribution in [3.63, 3.8) is 0 Å². The monoisotopic (exact) mass is 270 g/mol. The summed E-state index contributed by atoms with van der Waals surface area (Å²) in [5.74, 6) is 0.339. The summed E-state index contributed by atoms with van der Waals surface area (Å²) in [5.41, 5.74) is -0.489. The zero-order valence-corrected chi connectivity index (χ0v) is 12.0. The van der Waals surface area contributed by atoms with E-state index in [2.05, 4.69) is 0 Å². The van der Waals surface area contributed by atoms with Gasteiger partial charge in [-0.1, -0.05) is 0 Å². The second-order valence-electron chi connectivity index (χ2n) is 6.16. The smallest absolute Gasteiger partial charge is 0.410 e. The molecule has 2 aliphatic heterocycles. The molecule has 19 heavy (non-hydrogen) atoms. The van der Waals surface area contributed by atoms with E-state index >= 15 is 0 Å². The Morgan fingerprint density at radius 2 is 1.84 bits per heavy atom. The van der Waals surface area contributed by atoms with Crippen molar-refractivity contribution in [2.45, 2.75) is 38.8 Å². The number of ether oxygens (including phenoxy) is 2. The highest BCUT2D eigenvalue weighted by Gasteiger charge is 2.45. The molecule has 2 amide bonds. The maximum Gasteiger partial charge on any atom is 0.410 e. The standard InChI is InChI=1S/C13H22N2O4/c1-13(2,3)19-11(16)14-7-9-5-6-15(10(9)8-14)12(17)18-4/h9-10H,5-8H2,1-4H3. The number of fused-ring (bicyclic) bond motifs is 1.